The Kier molecular flexibility index (Phi) is 5.45. The number of thiophene rings is 1. The lowest BCUT2D eigenvalue weighted by Crippen LogP contribution is -2.50. The number of rotatable bonds is 4. The van der Waals surface area contributed by atoms with E-state index in [1.165, 1.54) is 22.2 Å². The number of fused-ring (bicyclic) bond motifs is 1. The topological polar surface area (TPSA) is 71.3 Å². The molecule has 0 aliphatic carbocycles. The van der Waals surface area contributed by atoms with Crippen molar-refractivity contribution in [3.05, 3.63) is 76.3 Å². The van der Waals surface area contributed by atoms with Crippen LogP contribution < -0.4 is 10.5 Å². The Hall–Kier alpha value is -3.52. The summed E-state index contributed by atoms with van der Waals surface area (Å²) in [5.41, 5.74) is 2.84. The van der Waals surface area contributed by atoms with E-state index in [1.807, 2.05) is 59.7 Å². The van der Waals surface area contributed by atoms with Crippen LogP contribution in [-0.4, -0.2) is 51.5 Å². The van der Waals surface area contributed by atoms with Crippen molar-refractivity contribution in [2.24, 2.45) is 0 Å². The number of hydrogen-bond donors (Lipinski definition) is 0. The lowest BCUT2D eigenvalue weighted by molar-refractivity contribution is -0.132. The first-order valence-electron chi connectivity index (χ1n) is 10.6. The van der Waals surface area contributed by atoms with Gasteiger partial charge in [0, 0.05) is 43.3 Å². The van der Waals surface area contributed by atoms with Crippen molar-refractivity contribution in [3.8, 4) is 11.1 Å². The van der Waals surface area contributed by atoms with Crippen molar-refractivity contribution in [1.29, 1.82) is 0 Å². The number of pyridine rings is 1. The van der Waals surface area contributed by atoms with Gasteiger partial charge in [-0.15, -0.1) is 11.3 Å². The number of hydrogen-bond acceptors (Lipinski definition) is 6. The summed E-state index contributed by atoms with van der Waals surface area (Å²) in [4.78, 5) is 39.7. The van der Waals surface area contributed by atoms with Crippen LogP contribution in [0.2, 0.25) is 0 Å². The van der Waals surface area contributed by atoms with Gasteiger partial charge in [-0.1, -0.05) is 35.9 Å². The van der Waals surface area contributed by atoms with Crippen LogP contribution in [0.25, 0.3) is 21.3 Å². The molecule has 1 aliphatic heterocycles. The highest BCUT2D eigenvalue weighted by atomic mass is 32.1. The van der Waals surface area contributed by atoms with E-state index < -0.39 is 0 Å². The van der Waals surface area contributed by atoms with Crippen LogP contribution in [0.1, 0.15) is 5.56 Å². The fraction of sp³-hybridized carbons (Fsp3) is 0.250. The molecule has 0 atom stereocenters. The maximum Gasteiger partial charge on any atom is 0.263 e. The summed E-state index contributed by atoms with van der Waals surface area (Å²) >= 11 is 1.45. The van der Waals surface area contributed by atoms with Gasteiger partial charge in [-0.05, 0) is 24.6 Å². The number of anilines is 1. The minimum absolute atomic E-state index is 0.00541. The Bertz CT molecular complexity index is 1310. The molecule has 1 amide bonds. The molecule has 8 heteroatoms. The first-order chi connectivity index (χ1) is 15.6. The molecule has 1 aliphatic rings. The predicted octanol–water partition coefficient (Wildman–Crippen LogP) is 3.18. The highest BCUT2D eigenvalue weighted by Gasteiger charge is 2.23. The standard InChI is InChI=1S/C24H23N5O2S/c1-17-5-7-18(8-6-17)19-15-32-23-22(19)24(31)29(16-26-23)14-21(30)28-12-10-27(11-13-28)20-4-2-3-9-25-20/h2-9,15-16H,10-14H2,1H3. The number of aromatic nitrogens is 3. The van der Waals surface area contributed by atoms with Gasteiger partial charge in [0.2, 0.25) is 5.91 Å². The van der Waals surface area contributed by atoms with Crippen molar-refractivity contribution in [1.82, 2.24) is 19.4 Å². The molecule has 4 heterocycles. The molecule has 162 valence electrons. The van der Waals surface area contributed by atoms with E-state index in [2.05, 4.69) is 14.9 Å². The molecule has 1 aromatic carbocycles. The molecule has 0 saturated carbocycles. The molecule has 0 bridgehead atoms. The van der Waals surface area contributed by atoms with Gasteiger partial charge in [-0.3, -0.25) is 14.2 Å². The molecule has 5 rings (SSSR count). The second kappa shape index (κ2) is 8.55. The van der Waals surface area contributed by atoms with Gasteiger partial charge in [0.15, 0.2) is 0 Å². The number of carbonyl (C=O) groups excluding carboxylic acids is 1. The molecule has 0 unspecified atom stereocenters. The molecule has 0 radical (unpaired) electrons. The van der Waals surface area contributed by atoms with E-state index in [4.69, 9.17) is 0 Å². The summed E-state index contributed by atoms with van der Waals surface area (Å²) < 4.78 is 1.43. The third-order valence-corrected chi connectivity index (χ3v) is 6.72. The Labute approximate surface area is 189 Å². The SMILES string of the molecule is Cc1ccc(-c2csc3ncn(CC(=O)N4CCN(c5ccccn5)CC4)c(=O)c23)cc1. The summed E-state index contributed by atoms with van der Waals surface area (Å²) in [6, 6.07) is 13.9. The zero-order valence-electron chi connectivity index (χ0n) is 17.8. The maximum absolute atomic E-state index is 13.2. The number of carbonyl (C=O) groups is 1. The van der Waals surface area contributed by atoms with Gasteiger partial charge < -0.3 is 9.80 Å². The number of amides is 1. The fourth-order valence-electron chi connectivity index (χ4n) is 4.00. The zero-order chi connectivity index (χ0) is 22.1. The fourth-order valence-corrected chi connectivity index (χ4v) is 4.90. The van der Waals surface area contributed by atoms with Gasteiger partial charge in [0.05, 0.1) is 11.7 Å². The summed E-state index contributed by atoms with van der Waals surface area (Å²) in [5, 5.41) is 2.54. The molecule has 7 nitrogen and oxygen atoms in total. The van der Waals surface area contributed by atoms with Crippen LogP contribution >= 0.6 is 11.3 Å². The molecule has 3 aromatic heterocycles. The van der Waals surface area contributed by atoms with E-state index in [9.17, 15) is 9.59 Å². The van der Waals surface area contributed by atoms with Crippen LogP contribution in [0.5, 0.6) is 0 Å². The number of aryl methyl sites for hydroxylation is 1. The number of nitrogens with zero attached hydrogens (tertiary/aromatic N) is 5. The van der Waals surface area contributed by atoms with Crippen LogP contribution in [0.3, 0.4) is 0 Å². The molecule has 0 N–H and O–H groups in total. The average molecular weight is 446 g/mol. The lowest BCUT2D eigenvalue weighted by atomic mass is 10.1. The minimum Gasteiger partial charge on any atom is -0.353 e. The van der Waals surface area contributed by atoms with E-state index in [1.54, 1.807) is 6.20 Å². The van der Waals surface area contributed by atoms with Gasteiger partial charge >= 0.3 is 0 Å². The summed E-state index contributed by atoms with van der Waals surface area (Å²) in [5.74, 6) is 0.854. The third kappa shape index (κ3) is 3.89. The number of benzene rings is 1. The monoisotopic (exact) mass is 445 g/mol. The molecule has 4 aromatic rings. The van der Waals surface area contributed by atoms with Crippen molar-refractivity contribution in [3.63, 3.8) is 0 Å². The Balaban J connectivity index is 1.34. The van der Waals surface area contributed by atoms with Gasteiger partial charge in [-0.25, -0.2) is 9.97 Å². The van der Waals surface area contributed by atoms with Crippen molar-refractivity contribution in [2.75, 3.05) is 31.1 Å². The molecule has 32 heavy (non-hydrogen) atoms. The smallest absolute Gasteiger partial charge is 0.263 e. The van der Waals surface area contributed by atoms with Crippen molar-refractivity contribution >= 4 is 33.3 Å². The molecule has 1 fully saturated rings. The largest absolute Gasteiger partial charge is 0.353 e. The zero-order valence-corrected chi connectivity index (χ0v) is 18.6. The van der Waals surface area contributed by atoms with E-state index in [-0.39, 0.29) is 18.0 Å². The van der Waals surface area contributed by atoms with Gasteiger partial charge in [0.1, 0.15) is 17.2 Å². The first-order valence-corrected chi connectivity index (χ1v) is 11.5. The molecule has 1 saturated heterocycles. The highest BCUT2D eigenvalue weighted by Crippen LogP contribution is 2.30. The second-order valence-corrected chi connectivity index (χ2v) is 8.79. The molecular formula is C24H23N5O2S. The maximum atomic E-state index is 13.2. The second-order valence-electron chi connectivity index (χ2n) is 7.93. The van der Waals surface area contributed by atoms with E-state index in [0.29, 0.717) is 23.3 Å². The highest BCUT2D eigenvalue weighted by molar-refractivity contribution is 7.17. The lowest BCUT2D eigenvalue weighted by Gasteiger charge is -2.35. The number of piperazine rings is 1. The quantitative estimate of drug-likeness (QED) is 0.483. The van der Waals surface area contributed by atoms with E-state index >= 15 is 0 Å². The third-order valence-electron chi connectivity index (χ3n) is 5.83. The summed E-state index contributed by atoms with van der Waals surface area (Å²) in [7, 11) is 0. The molecule has 0 spiro atoms. The normalized spacial score (nSPS) is 14.2. The van der Waals surface area contributed by atoms with Crippen LogP contribution in [0.4, 0.5) is 5.82 Å². The van der Waals surface area contributed by atoms with Crippen molar-refractivity contribution < 1.29 is 4.79 Å². The van der Waals surface area contributed by atoms with Crippen LogP contribution in [0.15, 0.2) is 65.2 Å². The Morgan fingerprint density at radius 1 is 1.03 bits per heavy atom. The first kappa shape index (κ1) is 20.4. The van der Waals surface area contributed by atoms with Gasteiger partial charge in [0.25, 0.3) is 5.56 Å². The predicted molar refractivity (Wildman–Crippen MR) is 127 cm³/mol. The Morgan fingerprint density at radius 3 is 2.53 bits per heavy atom. The van der Waals surface area contributed by atoms with Crippen LogP contribution in [-0.2, 0) is 11.3 Å². The summed E-state index contributed by atoms with van der Waals surface area (Å²) in [6.07, 6.45) is 3.26. The molecular weight excluding hydrogens is 422 g/mol. The van der Waals surface area contributed by atoms with Crippen molar-refractivity contribution in [2.45, 2.75) is 13.5 Å². The summed E-state index contributed by atoms with van der Waals surface area (Å²) in [6.45, 7) is 4.67. The Morgan fingerprint density at radius 2 is 1.81 bits per heavy atom. The van der Waals surface area contributed by atoms with Gasteiger partial charge in [-0.2, -0.15) is 0 Å². The van der Waals surface area contributed by atoms with E-state index in [0.717, 1.165) is 35.6 Å². The minimum atomic E-state index is -0.174. The van der Waals surface area contributed by atoms with Crippen LogP contribution in [0, 0.1) is 6.92 Å². The average Bonchev–Trinajstić information content (AvgIpc) is 3.27.